The van der Waals surface area contributed by atoms with Gasteiger partial charge < -0.3 is 9.79 Å². The van der Waals surface area contributed by atoms with Gasteiger partial charge in [0.1, 0.15) is 0 Å². The van der Waals surface area contributed by atoms with Gasteiger partial charge in [0.25, 0.3) is 0 Å². The summed E-state index contributed by atoms with van der Waals surface area (Å²) in [4.78, 5) is 17.2. The van der Waals surface area contributed by atoms with E-state index in [9.17, 15) is 4.57 Å². The molecule has 0 heterocycles. The molecule has 0 aliphatic rings. The van der Waals surface area contributed by atoms with E-state index in [0.717, 1.165) is 0 Å². The normalized spacial score (nSPS) is 9.69. The first kappa shape index (κ1) is 15.8. The predicted octanol–water partition coefficient (Wildman–Crippen LogP) is 2.52. The standard InChI is InChI=1S/C7H9O3P.2BrH/c8-11(9,10)6-7-4-2-1-3-5-7;;/h1-5H,6H2,(H2,8,9,10);2*1H. The zero-order valence-electron chi connectivity index (χ0n) is 6.66. The van der Waals surface area contributed by atoms with Gasteiger partial charge in [0, 0.05) is 0 Å². The largest absolute Gasteiger partial charge is 0.329 e. The topological polar surface area (TPSA) is 57.5 Å². The van der Waals surface area contributed by atoms with E-state index in [4.69, 9.17) is 9.79 Å². The van der Waals surface area contributed by atoms with E-state index < -0.39 is 7.60 Å². The van der Waals surface area contributed by atoms with Gasteiger partial charge in [0.15, 0.2) is 0 Å². The Hall–Kier alpha value is 0.330. The van der Waals surface area contributed by atoms with E-state index in [1.54, 1.807) is 24.3 Å². The molecule has 0 aromatic heterocycles. The zero-order chi connectivity index (χ0) is 8.32. The van der Waals surface area contributed by atoms with Gasteiger partial charge >= 0.3 is 7.60 Å². The van der Waals surface area contributed by atoms with Crippen molar-refractivity contribution < 1.29 is 14.4 Å². The van der Waals surface area contributed by atoms with Crippen molar-refractivity contribution in [1.29, 1.82) is 0 Å². The first-order valence-corrected chi connectivity index (χ1v) is 4.96. The molecule has 0 aliphatic carbocycles. The Morgan fingerprint density at radius 2 is 1.54 bits per heavy atom. The van der Waals surface area contributed by atoms with Crippen molar-refractivity contribution in [3.05, 3.63) is 35.9 Å². The summed E-state index contributed by atoms with van der Waals surface area (Å²) >= 11 is 0. The molecule has 0 radical (unpaired) electrons. The minimum atomic E-state index is -3.89. The van der Waals surface area contributed by atoms with E-state index in [0.29, 0.717) is 5.56 Å². The molecule has 1 aromatic carbocycles. The second kappa shape index (κ2) is 6.74. The summed E-state index contributed by atoms with van der Waals surface area (Å²) in [5, 5.41) is 0. The van der Waals surface area contributed by atoms with E-state index in [2.05, 4.69) is 0 Å². The van der Waals surface area contributed by atoms with Gasteiger partial charge in [-0.2, -0.15) is 0 Å². The van der Waals surface area contributed by atoms with Gasteiger partial charge in [-0.15, -0.1) is 34.0 Å². The van der Waals surface area contributed by atoms with Crippen LogP contribution in [0.4, 0.5) is 0 Å². The smallest absolute Gasteiger partial charge is 0.324 e. The summed E-state index contributed by atoms with van der Waals surface area (Å²) < 4.78 is 10.5. The SMILES string of the molecule is Br.Br.O=P(O)(O)Cc1ccccc1. The highest BCUT2D eigenvalue weighted by Crippen LogP contribution is 2.38. The maximum Gasteiger partial charge on any atom is 0.329 e. The van der Waals surface area contributed by atoms with Crippen molar-refractivity contribution in [3.8, 4) is 0 Å². The molecule has 0 atom stereocenters. The van der Waals surface area contributed by atoms with Gasteiger partial charge in [-0.25, -0.2) is 0 Å². The summed E-state index contributed by atoms with van der Waals surface area (Å²) in [5.74, 6) is 0. The van der Waals surface area contributed by atoms with Gasteiger partial charge in [0.05, 0.1) is 6.16 Å². The molecule has 2 N–H and O–H groups in total. The predicted molar refractivity (Wildman–Crippen MR) is 62.8 cm³/mol. The summed E-state index contributed by atoms with van der Waals surface area (Å²) in [7, 11) is -3.89. The van der Waals surface area contributed by atoms with Crippen LogP contribution in [0.1, 0.15) is 5.56 Å². The van der Waals surface area contributed by atoms with Crippen LogP contribution in [0.5, 0.6) is 0 Å². The Bertz CT molecular complexity index is 272. The molecule has 1 aromatic rings. The maximum atomic E-state index is 10.5. The lowest BCUT2D eigenvalue weighted by molar-refractivity contribution is 0.372. The van der Waals surface area contributed by atoms with Crippen LogP contribution in [-0.4, -0.2) is 9.79 Å². The molecule has 0 spiro atoms. The third-order valence-electron chi connectivity index (χ3n) is 1.23. The molecular weight excluding hydrogens is 323 g/mol. The lowest BCUT2D eigenvalue weighted by Gasteiger charge is -2.01. The summed E-state index contributed by atoms with van der Waals surface area (Å²) in [6.07, 6.45) is -0.173. The fraction of sp³-hybridized carbons (Fsp3) is 0.143. The molecule has 0 saturated heterocycles. The first-order valence-electron chi connectivity index (χ1n) is 3.16. The van der Waals surface area contributed by atoms with E-state index in [-0.39, 0.29) is 40.1 Å². The molecule has 1 rings (SSSR count). The minimum absolute atomic E-state index is 0. The van der Waals surface area contributed by atoms with E-state index in [1.165, 1.54) is 0 Å². The number of halogens is 2. The molecule has 0 unspecified atom stereocenters. The van der Waals surface area contributed by atoms with Gasteiger partial charge in [-0.3, -0.25) is 4.57 Å². The molecular formula is C7H11Br2O3P. The van der Waals surface area contributed by atoms with Gasteiger partial charge in [-0.1, -0.05) is 30.3 Å². The average Bonchev–Trinajstić information content (AvgIpc) is 1.85. The molecule has 3 nitrogen and oxygen atoms in total. The first-order chi connectivity index (χ1) is 5.08. The van der Waals surface area contributed by atoms with Crippen molar-refractivity contribution in [2.24, 2.45) is 0 Å². The van der Waals surface area contributed by atoms with Crippen LogP contribution in [0, 0.1) is 0 Å². The van der Waals surface area contributed by atoms with Crippen molar-refractivity contribution >= 4 is 41.6 Å². The monoisotopic (exact) mass is 332 g/mol. The maximum absolute atomic E-state index is 10.5. The lowest BCUT2D eigenvalue weighted by atomic mass is 10.2. The summed E-state index contributed by atoms with van der Waals surface area (Å²) in [5.41, 5.74) is 0.667. The molecule has 13 heavy (non-hydrogen) atoms. The zero-order valence-corrected chi connectivity index (χ0v) is 11.0. The summed E-state index contributed by atoms with van der Waals surface area (Å²) in [6.45, 7) is 0. The molecule has 0 bridgehead atoms. The second-order valence-corrected chi connectivity index (χ2v) is 3.95. The van der Waals surface area contributed by atoms with Crippen LogP contribution in [-0.2, 0) is 10.7 Å². The highest BCUT2D eigenvalue weighted by Gasteiger charge is 2.12. The van der Waals surface area contributed by atoms with Crippen molar-refractivity contribution in [2.45, 2.75) is 6.16 Å². The minimum Gasteiger partial charge on any atom is -0.324 e. The van der Waals surface area contributed by atoms with Crippen molar-refractivity contribution in [1.82, 2.24) is 0 Å². The summed E-state index contributed by atoms with van der Waals surface area (Å²) in [6, 6.07) is 8.71. The quantitative estimate of drug-likeness (QED) is 0.818. The van der Waals surface area contributed by atoms with E-state index in [1.807, 2.05) is 6.07 Å². The van der Waals surface area contributed by atoms with Crippen LogP contribution < -0.4 is 0 Å². The highest BCUT2D eigenvalue weighted by molar-refractivity contribution is 8.93. The molecule has 6 heteroatoms. The molecule has 0 amide bonds. The van der Waals surface area contributed by atoms with E-state index >= 15 is 0 Å². The Morgan fingerprint density at radius 1 is 1.08 bits per heavy atom. The molecule has 0 aliphatic heterocycles. The fourth-order valence-corrected chi connectivity index (χ4v) is 1.51. The van der Waals surface area contributed by atoms with Crippen LogP contribution >= 0.6 is 41.6 Å². The fourth-order valence-electron chi connectivity index (χ4n) is 0.821. The van der Waals surface area contributed by atoms with Gasteiger partial charge in [0.2, 0.25) is 0 Å². The lowest BCUT2D eigenvalue weighted by Crippen LogP contribution is -1.84. The third kappa shape index (κ3) is 7.40. The van der Waals surface area contributed by atoms with Crippen molar-refractivity contribution in [3.63, 3.8) is 0 Å². The Kier molecular flexibility index (Phi) is 8.18. The molecule has 0 fully saturated rings. The average molecular weight is 334 g/mol. The third-order valence-corrected chi connectivity index (χ3v) is 2.01. The Balaban J connectivity index is 0. The number of benzene rings is 1. The number of hydrogen-bond acceptors (Lipinski definition) is 1. The Morgan fingerprint density at radius 3 is 1.92 bits per heavy atom. The molecule has 76 valence electrons. The second-order valence-electron chi connectivity index (χ2n) is 2.31. The van der Waals surface area contributed by atoms with Crippen molar-refractivity contribution in [2.75, 3.05) is 0 Å². The van der Waals surface area contributed by atoms with Crippen LogP contribution in [0.2, 0.25) is 0 Å². The van der Waals surface area contributed by atoms with Crippen LogP contribution in [0.25, 0.3) is 0 Å². The number of hydrogen-bond donors (Lipinski definition) is 2. The highest BCUT2D eigenvalue weighted by atomic mass is 79.9. The Labute approximate surface area is 97.9 Å². The molecule has 0 saturated carbocycles. The van der Waals surface area contributed by atoms with Crippen LogP contribution in [0.3, 0.4) is 0 Å². The van der Waals surface area contributed by atoms with Gasteiger partial charge in [-0.05, 0) is 5.56 Å². The number of rotatable bonds is 2. The van der Waals surface area contributed by atoms with Crippen LogP contribution in [0.15, 0.2) is 30.3 Å².